The highest BCUT2D eigenvalue weighted by Crippen LogP contribution is 2.33. The van der Waals surface area contributed by atoms with Gasteiger partial charge in [-0.15, -0.1) is 0 Å². The number of hydrogen-bond acceptors (Lipinski definition) is 4. The summed E-state index contributed by atoms with van der Waals surface area (Å²) in [5.41, 5.74) is 9.25. The summed E-state index contributed by atoms with van der Waals surface area (Å²) in [4.78, 5) is 2.59. The van der Waals surface area contributed by atoms with Crippen molar-refractivity contribution in [2.75, 3.05) is 37.8 Å². The summed E-state index contributed by atoms with van der Waals surface area (Å²) in [6, 6.07) is 4.55. The number of nitrogens with zero attached hydrogens (tertiary/aromatic N) is 1. The van der Waals surface area contributed by atoms with Crippen LogP contribution in [-0.2, 0) is 6.42 Å². The van der Waals surface area contributed by atoms with Crippen molar-refractivity contribution in [3.8, 4) is 5.75 Å². The Kier molecular flexibility index (Phi) is 5.12. The van der Waals surface area contributed by atoms with Gasteiger partial charge in [-0.3, -0.25) is 4.90 Å². The third-order valence-electron chi connectivity index (χ3n) is 3.97. The van der Waals surface area contributed by atoms with Gasteiger partial charge < -0.3 is 15.8 Å². The number of rotatable bonds is 6. The molecule has 0 fully saturated rings. The third kappa shape index (κ3) is 3.18. The van der Waals surface area contributed by atoms with Crippen LogP contribution >= 0.6 is 0 Å². The number of hydrogen-bond donors (Lipinski definition) is 2. The van der Waals surface area contributed by atoms with E-state index in [2.05, 4.69) is 30.1 Å². The monoisotopic (exact) mass is 277 g/mol. The van der Waals surface area contributed by atoms with Crippen LogP contribution in [0.3, 0.4) is 0 Å². The van der Waals surface area contributed by atoms with Gasteiger partial charge >= 0.3 is 0 Å². The number of fused-ring (bicyclic) bond motifs is 1. The van der Waals surface area contributed by atoms with Gasteiger partial charge in [-0.1, -0.05) is 13.8 Å². The first-order valence-electron chi connectivity index (χ1n) is 7.63. The summed E-state index contributed by atoms with van der Waals surface area (Å²) in [6.07, 6.45) is 3.44. The van der Waals surface area contributed by atoms with Crippen LogP contribution in [0.5, 0.6) is 5.75 Å². The molecule has 1 aromatic carbocycles. The van der Waals surface area contributed by atoms with E-state index < -0.39 is 0 Å². The molecule has 0 bridgehead atoms. The Morgan fingerprint density at radius 1 is 1.30 bits per heavy atom. The van der Waals surface area contributed by atoms with Gasteiger partial charge in [0.2, 0.25) is 0 Å². The molecular weight excluding hydrogens is 250 g/mol. The molecule has 1 heterocycles. The van der Waals surface area contributed by atoms with Gasteiger partial charge in [0.1, 0.15) is 5.75 Å². The first-order valence-corrected chi connectivity index (χ1v) is 7.63. The van der Waals surface area contributed by atoms with Crippen LogP contribution in [0.15, 0.2) is 12.1 Å². The number of methoxy groups -OCH3 is 1. The maximum absolute atomic E-state index is 6.10. The number of ether oxygens (including phenoxy) is 1. The topological polar surface area (TPSA) is 50.5 Å². The highest BCUT2D eigenvalue weighted by atomic mass is 16.5. The number of nitrogen functional groups attached to an aromatic ring is 1. The zero-order valence-electron chi connectivity index (χ0n) is 12.9. The molecule has 20 heavy (non-hydrogen) atoms. The van der Waals surface area contributed by atoms with E-state index in [9.17, 15) is 0 Å². The molecule has 1 unspecified atom stereocenters. The van der Waals surface area contributed by atoms with E-state index in [4.69, 9.17) is 10.5 Å². The van der Waals surface area contributed by atoms with Crippen LogP contribution in [-0.4, -0.2) is 37.7 Å². The second-order valence-corrected chi connectivity index (χ2v) is 5.53. The molecule has 0 spiro atoms. The summed E-state index contributed by atoms with van der Waals surface area (Å²) in [5.74, 6) is 0.848. The summed E-state index contributed by atoms with van der Waals surface area (Å²) < 4.78 is 5.33. The van der Waals surface area contributed by atoms with Gasteiger partial charge in [0.15, 0.2) is 0 Å². The smallest absolute Gasteiger partial charge is 0.121 e. The standard InChI is InChI=1S/C16H27N3O/c1-4-6-19(7-5-2)13-8-12-9-14(20-3)10-15(17)16(12)18-11-13/h9-10,13,18H,4-8,11,17H2,1-3H3. The second kappa shape index (κ2) is 6.84. The molecule has 112 valence electrons. The van der Waals surface area contributed by atoms with E-state index in [1.165, 1.54) is 18.4 Å². The molecule has 2 rings (SSSR count). The van der Waals surface area contributed by atoms with Crippen LogP contribution in [0, 0.1) is 0 Å². The van der Waals surface area contributed by atoms with Crippen molar-refractivity contribution in [1.82, 2.24) is 4.90 Å². The fraction of sp³-hybridized carbons (Fsp3) is 0.625. The minimum atomic E-state index is 0.550. The fourth-order valence-electron chi connectivity index (χ4n) is 3.05. The molecule has 0 saturated heterocycles. The predicted octanol–water partition coefficient (Wildman–Crippen LogP) is 2.74. The quantitative estimate of drug-likeness (QED) is 0.785. The molecule has 1 aromatic rings. The van der Waals surface area contributed by atoms with Crippen molar-refractivity contribution in [1.29, 1.82) is 0 Å². The molecule has 1 aliphatic heterocycles. The second-order valence-electron chi connectivity index (χ2n) is 5.53. The van der Waals surface area contributed by atoms with E-state index >= 15 is 0 Å². The van der Waals surface area contributed by atoms with Crippen molar-refractivity contribution in [3.05, 3.63) is 17.7 Å². The summed E-state index contributed by atoms with van der Waals surface area (Å²) in [6.45, 7) is 7.79. The maximum Gasteiger partial charge on any atom is 0.121 e. The minimum Gasteiger partial charge on any atom is -0.497 e. The Hall–Kier alpha value is -1.42. The molecule has 0 aromatic heterocycles. The Bertz CT molecular complexity index is 442. The first-order chi connectivity index (χ1) is 9.69. The summed E-state index contributed by atoms with van der Waals surface area (Å²) in [5, 5.41) is 3.51. The molecular formula is C16H27N3O. The minimum absolute atomic E-state index is 0.550. The van der Waals surface area contributed by atoms with Gasteiger partial charge in [0.05, 0.1) is 18.5 Å². The Morgan fingerprint density at radius 2 is 2.00 bits per heavy atom. The molecule has 4 nitrogen and oxygen atoms in total. The molecule has 1 aliphatic rings. The van der Waals surface area contributed by atoms with Gasteiger partial charge in [0, 0.05) is 18.7 Å². The average Bonchev–Trinajstić information content (AvgIpc) is 2.46. The predicted molar refractivity (Wildman–Crippen MR) is 85.5 cm³/mol. The zero-order chi connectivity index (χ0) is 14.5. The molecule has 0 amide bonds. The van der Waals surface area contributed by atoms with Crippen LogP contribution in [0.2, 0.25) is 0 Å². The van der Waals surface area contributed by atoms with Crippen LogP contribution < -0.4 is 15.8 Å². The summed E-state index contributed by atoms with van der Waals surface area (Å²) >= 11 is 0. The normalized spacial score (nSPS) is 17.7. The van der Waals surface area contributed by atoms with Crippen molar-refractivity contribution in [2.24, 2.45) is 0 Å². The van der Waals surface area contributed by atoms with Gasteiger partial charge in [0.25, 0.3) is 0 Å². The average molecular weight is 277 g/mol. The van der Waals surface area contributed by atoms with E-state index in [0.29, 0.717) is 6.04 Å². The van der Waals surface area contributed by atoms with Crippen LogP contribution in [0.25, 0.3) is 0 Å². The molecule has 0 aliphatic carbocycles. The van der Waals surface area contributed by atoms with Crippen molar-refractivity contribution in [3.63, 3.8) is 0 Å². The SMILES string of the molecule is CCCN(CCC)C1CNc2c(N)cc(OC)cc2C1. The van der Waals surface area contributed by atoms with Crippen molar-refractivity contribution in [2.45, 2.75) is 39.2 Å². The number of benzene rings is 1. The highest BCUT2D eigenvalue weighted by molar-refractivity contribution is 5.73. The Balaban J connectivity index is 2.18. The lowest BCUT2D eigenvalue weighted by Gasteiger charge is -2.36. The summed E-state index contributed by atoms with van der Waals surface area (Å²) in [7, 11) is 1.69. The number of nitrogens with two attached hydrogens (primary N) is 1. The maximum atomic E-state index is 6.10. The van der Waals surface area contributed by atoms with Gasteiger partial charge in [-0.2, -0.15) is 0 Å². The Morgan fingerprint density at radius 3 is 2.60 bits per heavy atom. The Labute approximate surface area is 122 Å². The molecule has 1 atom stereocenters. The lowest BCUT2D eigenvalue weighted by atomic mass is 9.96. The zero-order valence-corrected chi connectivity index (χ0v) is 12.9. The van der Waals surface area contributed by atoms with Gasteiger partial charge in [-0.25, -0.2) is 0 Å². The van der Waals surface area contributed by atoms with Crippen molar-refractivity contribution >= 4 is 11.4 Å². The van der Waals surface area contributed by atoms with Crippen LogP contribution in [0.1, 0.15) is 32.3 Å². The van der Waals surface area contributed by atoms with E-state index in [0.717, 1.165) is 43.2 Å². The molecule has 3 N–H and O–H groups in total. The van der Waals surface area contributed by atoms with E-state index in [1.807, 2.05) is 6.07 Å². The molecule has 0 saturated carbocycles. The highest BCUT2D eigenvalue weighted by Gasteiger charge is 2.24. The number of anilines is 2. The fourth-order valence-corrected chi connectivity index (χ4v) is 3.05. The third-order valence-corrected chi connectivity index (χ3v) is 3.97. The van der Waals surface area contributed by atoms with E-state index in [-0.39, 0.29) is 0 Å². The van der Waals surface area contributed by atoms with Gasteiger partial charge in [-0.05, 0) is 44.0 Å². The van der Waals surface area contributed by atoms with Crippen LogP contribution in [0.4, 0.5) is 11.4 Å². The first kappa shape index (κ1) is 15.0. The molecule has 0 radical (unpaired) electrons. The van der Waals surface area contributed by atoms with Crippen molar-refractivity contribution < 1.29 is 4.74 Å². The lowest BCUT2D eigenvalue weighted by Crippen LogP contribution is -2.44. The number of nitrogens with one attached hydrogen (secondary N) is 1. The molecule has 4 heteroatoms. The van der Waals surface area contributed by atoms with E-state index in [1.54, 1.807) is 7.11 Å². The lowest BCUT2D eigenvalue weighted by molar-refractivity contribution is 0.200. The largest absolute Gasteiger partial charge is 0.497 e.